The lowest BCUT2D eigenvalue weighted by atomic mass is 10.0. The molecule has 0 N–H and O–H groups in total. The molecule has 0 radical (unpaired) electrons. The van der Waals surface area contributed by atoms with Gasteiger partial charge < -0.3 is 9.15 Å². The summed E-state index contributed by atoms with van der Waals surface area (Å²) < 4.78 is 10.6. The zero-order valence-electron chi connectivity index (χ0n) is 13.6. The standard InChI is InChI=1S/C18H30O3/c1-3-5-6-7-8-9-10-13-16(12-4-2)21-18(19)17-14-11-15-20-17/h11,14-16H,3-10,12-13H2,1-2H3. The van der Waals surface area contributed by atoms with Crippen LogP contribution in [0.4, 0.5) is 0 Å². The van der Waals surface area contributed by atoms with Crippen LogP contribution >= 0.6 is 0 Å². The molecule has 0 aliphatic rings. The highest BCUT2D eigenvalue weighted by Gasteiger charge is 2.16. The molecule has 0 saturated heterocycles. The molecule has 0 aromatic carbocycles. The van der Waals surface area contributed by atoms with E-state index in [2.05, 4.69) is 13.8 Å². The molecule has 0 aliphatic heterocycles. The predicted molar refractivity (Wildman–Crippen MR) is 85.4 cm³/mol. The fourth-order valence-electron chi connectivity index (χ4n) is 2.52. The second-order valence-corrected chi connectivity index (χ2v) is 5.70. The van der Waals surface area contributed by atoms with Crippen molar-refractivity contribution in [1.29, 1.82) is 0 Å². The van der Waals surface area contributed by atoms with Crippen molar-refractivity contribution in [3.8, 4) is 0 Å². The molecule has 1 atom stereocenters. The number of hydrogen-bond acceptors (Lipinski definition) is 3. The highest BCUT2D eigenvalue weighted by atomic mass is 16.6. The van der Waals surface area contributed by atoms with E-state index in [1.165, 1.54) is 44.8 Å². The number of esters is 1. The van der Waals surface area contributed by atoms with Crippen LogP contribution in [-0.4, -0.2) is 12.1 Å². The van der Waals surface area contributed by atoms with E-state index in [-0.39, 0.29) is 12.1 Å². The molecular formula is C18H30O3. The van der Waals surface area contributed by atoms with Crippen molar-refractivity contribution in [2.24, 2.45) is 0 Å². The normalized spacial score (nSPS) is 12.3. The Morgan fingerprint density at radius 2 is 1.76 bits per heavy atom. The summed E-state index contributed by atoms with van der Waals surface area (Å²) in [6, 6.07) is 3.36. The number of furan rings is 1. The molecule has 3 heteroatoms. The second-order valence-electron chi connectivity index (χ2n) is 5.70. The highest BCUT2D eigenvalue weighted by molar-refractivity contribution is 5.86. The number of hydrogen-bond donors (Lipinski definition) is 0. The summed E-state index contributed by atoms with van der Waals surface area (Å²) in [5.74, 6) is -0.0305. The molecule has 1 rings (SSSR count). The molecule has 0 bridgehead atoms. The fraction of sp³-hybridized carbons (Fsp3) is 0.722. The molecule has 3 nitrogen and oxygen atoms in total. The molecule has 1 unspecified atom stereocenters. The van der Waals surface area contributed by atoms with E-state index in [4.69, 9.17) is 9.15 Å². The maximum Gasteiger partial charge on any atom is 0.374 e. The molecule has 0 amide bonds. The Labute approximate surface area is 129 Å². The lowest BCUT2D eigenvalue weighted by Crippen LogP contribution is -2.18. The quantitative estimate of drug-likeness (QED) is 0.364. The predicted octanol–water partition coefficient (Wildman–Crippen LogP) is 5.75. The van der Waals surface area contributed by atoms with Crippen molar-refractivity contribution < 1.29 is 13.9 Å². The first-order valence-corrected chi connectivity index (χ1v) is 8.52. The van der Waals surface area contributed by atoms with Crippen molar-refractivity contribution in [2.75, 3.05) is 0 Å². The third-order valence-corrected chi connectivity index (χ3v) is 3.74. The molecule has 1 aromatic heterocycles. The van der Waals surface area contributed by atoms with Crippen molar-refractivity contribution in [3.05, 3.63) is 24.2 Å². The van der Waals surface area contributed by atoms with Gasteiger partial charge in [-0.2, -0.15) is 0 Å². The Hall–Kier alpha value is -1.25. The first kappa shape index (κ1) is 17.8. The maximum absolute atomic E-state index is 11.9. The first-order valence-electron chi connectivity index (χ1n) is 8.52. The van der Waals surface area contributed by atoms with Gasteiger partial charge in [-0.05, 0) is 31.4 Å². The molecule has 21 heavy (non-hydrogen) atoms. The van der Waals surface area contributed by atoms with Gasteiger partial charge in [0.15, 0.2) is 0 Å². The van der Waals surface area contributed by atoms with Gasteiger partial charge in [0.25, 0.3) is 0 Å². The number of unbranched alkanes of at least 4 members (excludes halogenated alkanes) is 6. The van der Waals surface area contributed by atoms with Crippen molar-refractivity contribution in [3.63, 3.8) is 0 Å². The average molecular weight is 294 g/mol. The molecule has 0 saturated carbocycles. The van der Waals surface area contributed by atoms with E-state index in [0.29, 0.717) is 5.76 Å². The van der Waals surface area contributed by atoms with Gasteiger partial charge in [0.05, 0.1) is 6.26 Å². The largest absolute Gasteiger partial charge is 0.457 e. The third-order valence-electron chi connectivity index (χ3n) is 3.74. The van der Waals surface area contributed by atoms with Crippen molar-refractivity contribution in [2.45, 2.75) is 84.2 Å². The Morgan fingerprint density at radius 1 is 1.05 bits per heavy atom. The first-order chi connectivity index (χ1) is 10.3. The van der Waals surface area contributed by atoms with E-state index in [0.717, 1.165) is 25.7 Å². The van der Waals surface area contributed by atoms with Crippen LogP contribution in [0.3, 0.4) is 0 Å². The average Bonchev–Trinajstić information content (AvgIpc) is 3.00. The van der Waals surface area contributed by atoms with Crippen LogP contribution < -0.4 is 0 Å². The summed E-state index contributed by atoms with van der Waals surface area (Å²) in [7, 11) is 0. The lowest BCUT2D eigenvalue weighted by molar-refractivity contribution is 0.0218. The van der Waals surface area contributed by atoms with Gasteiger partial charge in [-0.25, -0.2) is 4.79 Å². The minimum absolute atomic E-state index is 0.0308. The van der Waals surface area contributed by atoms with E-state index in [1.807, 2.05) is 0 Å². The summed E-state index contributed by atoms with van der Waals surface area (Å²) in [6.07, 6.45) is 13.5. The van der Waals surface area contributed by atoms with Crippen molar-refractivity contribution >= 4 is 5.97 Å². The summed E-state index contributed by atoms with van der Waals surface area (Å²) in [5, 5.41) is 0. The highest BCUT2D eigenvalue weighted by Crippen LogP contribution is 2.16. The maximum atomic E-state index is 11.9. The molecule has 1 aromatic rings. The van der Waals surface area contributed by atoms with Crippen LogP contribution in [-0.2, 0) is 4.74 Å². The third kappa shape index (κ3) is 7.93. The lowest BCUT2D eigenvalue weighted by Gasteiger charge is -2.16. The Balaban J connectivity index is 2.19. The van der Waals surface area contributed by atoms with E-state index < -0.39 is 0 Å². The SMILES string of the molecule is CCCCCCCCCC(CCC)OC(=O)c1ccco1. The second kappa shape index (κ2) is 11.4. The van der Waals surface area contributed by atoms with Gasteiger partial charge in [-0.15, -0.1) is 0 Å². The number of carbonyl (C=O) groups is 1. The molecule has 0 aliphatic carbocycles. The fourth-order valence-corrected chi connectivity index (χ4v) is 2.52. The van der Waals surface area contributed by atoms with Crippen LogP contribution in [0.2, 0.25) is 0 Å². The Bertz CT molecular complexity index is 357. The summed E-state index contributed by atoms with van der Waals surface area (Å²) >= 11 is 0. The van der Waals surface area contributed by atoms with Crippen LogP contribution in [0, 0.1) is 0 Å². The zero-order chi connectivity index (χ0) is 15.3. The van der Waals surface area contributed by atoms with Gasteiger partial charge in [-0.3, -0.25) is 0 Å². The molecule has 120 valence electrons. The van der Waals surface area contributed by atoms with Gasteiger partial charge >= 0.3 is 5.97 Å². The van der Waals surface area contributed by atoms with E-state index in [9.17, 15) is 4.79 Å². The summed E-state index contributed by atoms with van der Waals surface area (Å²) in [5.41, 5.74) is 0. The smallest absolute Gasteiger partial charge is 0.374 e. The minimum Gasteiger partial charge on any atom is -0.457 e. The van der Waals surface area contributed by atoms with Gasteiger partial charge in [0, 0.05) is 0 Å². The topological polar surface area (TPSA) is 39.4 Å². The number of carbonyl (C=O) groups excluding carboxylic acids is 1. The minimum atomic E-state index is -0.332. The summed E-state index contributed by atoms with van der Waals surface area (Å²) in [4.78, 5) is 11.9. The zero-order valence-corrected chi connectivity index (χ0v) is 13.6. The summed E-state index contributed by atoms with van der Waals surface area (Å²) in [6.45, 7) is 4.36. The van der Waals surface area contributed by atoms with Crippen LogP contribution in [0.1, 0.15) is 88.6 Å². The van der Waals surface area contributed by atoms with Gasteiger partial charge in [0.1, 0.15) is 6.10 Å². The van der Waals surface area contributed by atoms with Crippen LogP contribution in [0.5, 0.6) is 0 Å². The Morgan fingerprint density at radius 3 is 2.38 bits per heavy atom. The Kier molecular flexibility index (Phi) is 9.68. The van der Waals surface area contributed by atoms with Crippen molar-refractivity contribution in [1.82, 2.24) is 0 Å². The number of ether oxygens (including phenoxy) is 1. The van der Waals surface area contributed by atoms with Crippen LogP contribution in [0.25, 0.3) is 0 Å². The molecular weight excluding hydrogens is 264 g/mol. The number of rotatable bonds is 12. The molecule has 0 fully saturated rings. The van der Waals surface area contributed by atoms with Crippen LogP contribution in [0.15, 0.2) is 22.8 Å². The van der Waals surface area contributed by atoms with Gasteiger partial charge in [0.2, 0.25) is 5.76 Å². The van der Waals surface area contributed by atoms with E-state index in [1.54, 1.807) is 12.1 Å². The van der Waals surface area contributed by atoms with Gasteiger partial charge in [-0.1, -0.05) is 58.8 Å². The molecule has 1 heterocycles. The molecule has 0 spiro atoms. The monoisotopic (exact) mass is 294 g/mol. The van der Waals surface area contributed by atoms with E-state index >= 15 is 0 Å².